The fourth-order valence-electron chi connectivity index (χ4n) is 2.75. The van der Waals surface area contributed by atoms with E-state index < -0.39 is 0 Å². The highest BCUT2D eigenvalue weighted by Crippen LogP contribution is 2.39. The van der Waals surface area contributed by atoms with Crippen LogP contribution >= 0.6 is 0 Å². The fraction of sp³-hybridized carbons (Fsp3) is 0.375. The topological polar surface area (TPSA) is 38.5 Å². The van der Waals surface area contributed by atoms with E-state index in [0.29, 0.717) is 0 Å². The molecule has 2 N–H and O–H groups in total. The highest BCUT2D eigenvalue weighted by molar-refractivity contribution is 5.94. The maximum Gasteiger partial charge on any atom is 0.150 e. The minimum Gasteiger partial charge on any atom is -0.486 e. The first kappa shape index (κ1) is 12.3. The standard InChI is InChI=1S/C16H20N2O/c1-12-11-18(10-4-9-17)15-8-7-13-5-2-3-6-14(13)16(15)19-12/h2-3,5-8,12H,4,9-11,17H2,1H3. The van der Waals surface area contributed by atoms with Crippen molar-refractivity contribution in [1.29, 1.82) is 0 Å². The highest BCUT2D eigenvalue weighted by atomic mass is 16.5. The molecule has 19 heavy (non-hydrogen) atoms. The molecule has 0 saturated carbocycles. The third-order valence-corrected chi connectivity index (χ3v) is 3.63. The van der Waals surface area contributed by atoms with E-state index in [1.807, 2.05) is 0 Å². The van der Waals surface area contributed by atoms with Gasteiger partial charge in [-0.05, 0) is 31.3 Å². The Kier molecular flexibility index (Phi) is 3.30. The van der Waals surface area contributed by atoms with Gasteiger partial charge in [0.2, 0.25) is 0 Å². The fourth-order valence-corrected chi connectivity index (χ4v) is 2.75. The number of rotatable bonds is 3. The summed E-state index contributed by atoms with van der Waals surface area (Å²) in [6, 6.07) is 12.7. The first-order valence-electron chi connectivity index (χ1n) is 6.93. The third-order valence-electron chi connectivity index (χ3n) is 3.63. The Labute approximate surface area is 114 Å². The second-order valence-corrected chi connectivity index (χ2v) is 5.15. The molecule has 2 aromatic rings. The van der Waals surface area contributed by atoms with Crippen LogP contribution in [-0.4, -0.2) is 25.7 Å². The number of anilines is 1. The molecule has 3 nitrogen and oxygen atoms in total. The first-order chi connectivity index (χ1) is 9.29. The minimum absolute atomic E-state index is 0.219. The van der Waals surface area contributed by atoms with Gasteiger partial charge in [-0.2, -0.15) is 0 Å². The monoisotopic (exact) mass is 256 g/mol. The Morgan fingerprint density at radius 2 is 2.11 bits per heavy atom. The molecule has 3 heteroatoms. The molecule has 0 saturated heterocycles. The van der Waals surface area contributed by atoms with Gasteiger partial charge >= 0.3 is 0 Å². The summed E-state index contributed by atoms with van der Waals surface area (Å²) in [6.45, 7) is 4.79. The minimum atomic E-state index is 0.219. The molecular formula is C16H20N2O. The number of hydrogen-bond acceptors (Lipinski definition) is 3. The highest BCUT2D eigenvalue weighted by Gasteiger charge is 2.24. The second-order valence-electron chi connectivity index (χ2n) is 5.15. The van der Waals surface area contributed by atoms with Crippen molar-refractivity contribution in [3.05, 3.63) is 36.4 Å². The van der Waals surface area contributed by atoms with Crippen molar-refractivity contribution in [2.45, 2.75) is 19.4 Å². The normalized spacial score (nSPS) is 18.2. The molecule has 1 aliphatic rings. The van der Waals surface area contributed by atoms with E-state index in [-0.39, 0.29) is 6.10 Å². The Bertz CT molecular complexity index is 582. The van der Waals surface area contributed by atoms with Gasteiger partial charge in [0.25, 0.3) is 0 Å². The first-order valence-corrected chi connectivity index (χ1v) is 6.93. The lowest BCUT2D eigenvalue weighted by atomic mass is 10.1. The maximum absolute atomic E-state index is 6.08. The molecule has 0 aromatic heterocycles. The van der Waals surface area contributed by atoms with Crippen molar-refractivity contribution in [1.82, 2.24) is 0 Å². The van der Waals surface area contributed by atoms with Crippen molar-refractivity contribution in [3.63, 3.8) is 0 Å². The van der Waals surface area contributed by atoms with Crippen molar-refractivity contribution < 1.29 is 4.74 Å². The number of ether oxygens (including phenoxy) is 1. The molecule has 0 amide bonds. The van der Waals surface area contributed by atoms with Gasteiger partial charge in [-0.3, -0.25) is 0 Å². The van der Waals surface area contributed by atoms with E-state index in [0.717, 1.165) is 31.8 Å². The predicted octanol–water partition coefficient (Wildman–Crippen LogP) is 2.78. The molecule has 0 radical (unpaired) electrons. The Morgan fingerprint density at radius 3 is 2.95 bits per heavy atom. The predicted molar refractivity (Wildman–Crippen MR) is 79.9 cm³/mol. The summed E-state index contributed by atoms with van der Waals surface area (Å²) in [4.78, 5) is 2.39. The van der Waals surface area contributed by atoms with E-state index in [2.05, 4.69) is 48.2 Å². The second kappa shape index (κ2) is 5.10. The summed E-state index contributed by atoms with van der Waals surface area (Å²) in [5, 5.41) is 2.43. The van der Waals surface area contributed by atoms with Crippen LogP contribution in [0.2, 0.25) is 0 Å². The average Bonchev–Trinajstić information content (AvgIpc) is 2.44. The van der Waals surface area contributed by atoms with Crippen molar-refractivity contribution in [2.75, 3.05) is 24.5 Å². The molecule has 3 rings (SSSR count). The average molecular weight is 256 g/mol. The molecule has 0 aliphatic carbocycles. The van der Waals surface area contributed by atoms with Gasteiger partial charge in [0.15, 0.2) is 5.75 Å². The Morgan fingerprint density at radius 1 is 1.26 bits per heavy atom. The number of nitrogens with two attached hydrogens (primary N) is 1. The molecule has 2 aromatic carbocycles. The van der Waals surface area contributed by atoms with Crippen LogP contribution in [0.1, 0.15) is 13.3 Å². The molecule has 1 aliphatic heterocycles. The van der Waals surface area contributed by atoms with Crippen molar-refractivity contribution >= 4 is 16.5 Å². The lowest BCUT2D eigenvalue weighted by molar-refractivity contribution is 0.215. The van der Waals surface area contributed by atoms with Crippen LogP contribution in [0.25, 0.3) is 10.8 Å². The molecule has 1 heterocycles. The lowest BCUT2D eigenvalue weighted by Gasteiger charge is -2.35. The molecular weight excluding hydrogens is 236 g/mol. The number of fused-ring (bicyclic) bond motifs is 3. The number of nitrogens with zero attached hydrogens (tertiary/aromatic N) is 1. The number of benzene rings is 2. The Hall–Kier alpha value is -1.74. The van der Waals surface area contributed by atoms with E-state index in [9.17, 15) is 0 Å². The smallest absolute Gasteiger partial charge is 0.150 e. The van der Waals surface area contributed by atoms with Gasteiger partial charge in [0, 0.05) is 11.9 Å². The summed E-state index contributed by atoms with van der Waals surface area (Å²) in [5.41, 5.74) is 6.83. The zero-order valence-electron chi connectivity index (χ0n) is 11.3. The van der Waals surface area contributed by atoms with E-state index in [1.54, 1.807) is 0 Å². The quantitative estimate of drug-likeness (QED) is 0.917. The van der Waals surface area contributed by atoms with Crippen LogP contribution in [0.3, 0.4) is 0 Å². The van der Waals surface area contributed by atoms with Crippen LogP contribution < -0.4 is 15.4 Å². The molecule has 1 unspecified atom stereocenters. The zero-order chi connectivity index (χ0) is 13.2. The van der Waals surface area contributed by atoms with Gasteiger partial charge < -0.3 is 15.4 Å². The van der Waals surface area contributed by atoms with Crippen LogP contribution in [-0.2, 0) is 0 Å². The van der Waals surface area contributed by atoms with Gasteiger partial charge in [0.05, 0.1) is 12.2 Å². The molecule has 1 atom stereocenters. The summed E-state index contributed by atoms with van der Waals surface area (Å²) in [5.74, 6) is 1.02. The van der Waals surface area contributed by atoms with E-state index >= 15 is 0 Å². The number of hydrogen-bond donors (Lipinski definition) is 1. The lowest BCUT2D eigenvalue weighted by Crippen LogP contribution is -2.39. The summed E-state index contributed by atoms with van der Waals surface area (Å²) < 4.78 is 6.08. The van der Waals surface area contributed by atoms with Gasteiger partial charge in [-0.15, -0.1) is 0 Å². The van der Waals surface area contributed by atoms with Crippen LogP contribution in [0.4, 0.5) is 5.69 Å². The van der Waals surface area contributed by atoms with Crippen LogP contribution in [0.15, 0.2) is 36.4 Å². The molecule has 0 fully saturated rings. The summed E-state index contributed by atoms with van der Waals surface area (Å²) in [7, 11) is 0. The largest absolute Gasteiger partial charge is 0.486 e. The van der Waals surface area contributed by atoms with Gasteiger partial charge in [0.1, 0.15) is 6.10 Å². The van der Waals surface area contributed by atoms with E-state index in [4.69, 9.17) is 10.5 Å². The van der Waals surface area contributed by atoms with Crippen molar-refractivity contribution in [3.8, 4) is 5.75 Å². The van der Waals surface area contributed by atoms with Gasteiger partial charge in [-0.25, -0.2) is 0 Å². The zero-order valence-corrected chi connectivity index (χ0v) is 11.3. The van der Waals surface area contributed by atoms with Crippen LogP contribution in [0.5, 0.6) is 5.75 Å². The van der Waals surface area contributed by atoms with Gasteiger partial charge in [-0.1, -0.05) is 30.3 Å². The SMILES string of the molecule is CC1CN(CCCN)c2ccc3ccccc3c2O1. The molecule has 100 valence electrons. The summed E-state index contributed by atoms with van der Waals surface area (Å²) in [6.07, 6.45) is 1.23. The molecule has 0 bridgehead atoms. The maximum atomic E-state index is 6.08. The molecule has 0 spiro atoms. The summed E-state index contributed by atoms with van der Waals surface area (Å²) >= 11 is 0. The van der Waals surface area contributed by atoms with Crippen molar-refractivity contribution in [2.24, 2.45) is 5.73 Å². The third kappa shape index (κ3) is 2.26. The Balaban J connectivity index is 2.07. The van der Waals surface area contributed by atoms with E-state index in [1.165, 1.54) is 16.5 Å². The van der Waals surface area contributed by atoms with Crippen LogP contribution in [0, 0.1) is 0 Å².